The molecule has 0 aromatic heterocycles. The lowest BCUT2D eigenvalue weighted by molar-refractivity contribution is -0.143. The second kappa shape index (κ2) is 14.9. The lowest BCUT2D eigenvalue weighted by Crippen LogP contribution is -2.45. The molecule has 0 heterocycles. The van der Waals surface area contributed by atoms with Crippen LogP contribution in [0.3, 0.4) is 0 Å². The van der Waals surface area contributed by atoms with Gasteiger partial charge in [0, 0.05) is 13.1 Å². The van der Waals surface area contributed by atoms with Crippen LogP contribution in [0.25, 0.3) is 0 Å². The Morgan fingerprint density at radius 1 is 0.833 bits per heavy atom. The van der Waals surface area contributed by atoms with Crippen LogP contribution in [0.15, 0.2) is 97.1 Å². The van der Waals surface area contributed by atoms with E-state index in [9.17, 15) is 14.0 Å². The molecule has 9 heteroatoms. The number of nitrogens with zero attached hydrogens (tertiary/aromatic N) is 1. The van der Waals surface area contributed by atoms with Gasteiger partial charge in [-0.05, 0) is 59.5 Å². The third-order valence-corrected chi connectivity index (χ3v) is 6.92. The highest BCUT2D eigenvalue weighted by Gasteiger charge is 2.32. The molecule has 0 spiro atoms. The lowest BCUT2D eigenvalue weighted by Gasteiger charge is -2.31. The van der Waals surface area contributed by atoms with Gasteiger partial charge in [0.2, 0.25) is 5.91 Å². The van der Waals surface area contributed by atoms with E-state index in [1.54, 1.807) is 74.9 Å². The number of hydrogen-bond donors (Lipinski definition) is 1. The van der Waals surface area contributed by atoms with Gasteiger partial charge in [0.25, 0.3) is 5.91 Å². The zero-order chi connectivity index (χ0) is 29.9. The molecule has 4 rings (SSSR count). The number of halogens is 2. The van der Waals surface area contributed by atoms with E-state index in [1.807, 2.05) is 24.3 Å². The Balaban J connectivity index is 1.58. The predicted molar refractivity (Wildman–Crippen MR) is 159 cm³/mol. The highest BCUT2D eigenvalue weighted by atomic mass is 35.5. The molecule has 2 amide bonds. The summed E-state index contributed by atoms with van der Waals surface area (Å²) in [5, 5.41) is 3.35. The second-order valence-corrected chi connectivity index (χ2v) is 9.82. The maximum atomic E-state index is 13.8. The van der Waals surface area contributed by atoms with Crippen molar-refractivity contribution in [2.75, 3.05) is 27.4 Å². The molecule has 218 valence electrons. The van der Waals surface area contributed by atoms with Crippen molar-refractivity contribution in [1.82, 2.24) is 10.2 Å². The molecular formula is C33H32ClFN2O5. The SMILES string of the molecule is COc1ccc(CCNC(=O)C(c2ccccc2)N(Cc2ccc(F)cc2)C(=O)COc2ccccc2Cl)cc1OC. The summed E-state index contributed by atoms with van der Waals surface area (Å²) in [6.45, 7) is 0.00713. The highest BCUT2D eigenvalue weighted by Crippen LogP contribution is 2.28. The number of benzene rings is 4. The molecule has 1 atom stereocenters. The van der Waals surface area contributed by atoms with Crippen LogP contribution in [0.2, 0.25) is 5.02 Å². The first-order valence-corrected chi connectivity index (χ1v) is 13.7. The molecule has 0 aliphatic carbocycles. The van der Waals surface area contributed by atoms with E-state index in [2.05, 4.69) is 5.32 Å². The summed E-state index contributed by atoms with van der Waals surface area (Å²) in [5.74, 6) is 0.357. The Kier molecular flexibility index (Phi) is 10.8. The maximum absolute atomic E-state index is 13.8. The fourth-order valence-electron chi connectivity index (χ4n) is 4.47. The first-order valence-electron chi connectivity index (χ1n) is 13.3. The molecule has 7 nitrogen and oxygen atoms in total. The van der Waals surface area contributed by atoms with Crippen LogP contribution in [-0.2, 0) is 22.6 Å². The van der Waals surface area contributed by atoms with E-state index in [0.29, 0.717) is 46.4 Å². The van der Waals surface area contributed by atoms with E-state index >= 15 is 0 Å². The van der Waals surface area contributed by atoms with Crippen molar-refractivity contribution in [3.8, 4) is 17.2 Å². The molecule has 0 saturated heterocycles. The van der Waals surface area contributed by atoms with Crippen molar-refractivity contribution in [3.63, 3.8) is 0 Å². The summed E-state index contributed by atoms with van der Waals surface area (Å²) >= 11 is 6.22. The van der Waals surface area contributed by atoms with E-state index in [1.165, 1.54) is 17.0 Å². The average Bonchev–Trinajstić information content (AvgIpc) is 3.01. The third-order valence-electron chi connectivity index (χ3n) is 6.61. The van der Waals surface area contributed by atoms with Gasteiger partial charge in [-0.1, -0.05) is 72.3 Å². The minimum atomic E-state index is -0.982. The highest BCUT2D eigenvalue weighted by molar-refractivity contribution is 6.32. The third kappa shape index (κ3) is 8.01. The van der Waals surface area contributed by atoms with Crippen LogP contribution in [0, 0.1) is 5.82 Å². The van der Waals surface area contributed by atoms with Gasteiger partial charge >= 0.3 is 0 Å². The Morgan fingerprint density at radius 2 is 1.50 bits per heavy atom. The van der Waals surface area contributed by atoms with E-state index in [4.69, 9.17) is 25.8 Å². The molecule has 4 aromatic carbocycles. The number of carbonyl (C=O) groups is 2. The molecule has 0 aliphatic rings. The number of methoxy groups -OCH3 is 2. The first kappa shape index (κ1) is 30.4. The number of hydrogen-bond acceptors (Lipinski definition) is 5. The Labute approximate surface area is 249 Å². The fraction of sp³-hybridized carbons (Fsp3) is 0.212. The molecule has 0 bridgehead atoms. The van der Waals surface area contributed by atoms with Crippen LogP contribution in [0.1, 0.15) is 22.7 Å². The van der Waals surface area contributed by atoms with Gasteiger partial charge < -0.3 is 24.4 Å². The normalized spacial score (nSPS) is 11.3. The van der Waals surface area contributed by atoms with Crippen molar-refractivity contribution in [1.29, 1.82) is 0 Å². The Bertz CT molecular complexity index is 1480. The summed E-state index contributed by atoms with van der Waals surface area (Å²) < 4.78 is 30.1. The number of para-hydroxylation sites is 1. The number of amides is 2. The van der Waals surface area contributed by atoms with Crippen LogP contribution >= 0.6 is 11.6 Å². The van der Waals surface area contributed by atoms with Gasteiger partial charge in [0.05, 0.1) is 19.2 Å². The van der Waals surface area contributed by atoms with Crippen molar-refractivity contribution >= 4 is 23.4 Å². The van der Waals surface area contributed by atoms with Crippen LogP contribution in [0.5, 0.6) is 17.2 Å². The zero-order valence-corrected chi connectivity index (χ0v) is 24.1. The molecule has 0 saturated carbocycles. The van der Waals surface area contributed by atoms with Crippen molar-refractivity contribution in [3.05, 3.63) is 125 Å². The van der Waals surface area contributed by atoms with Gasteiger partial charge in [-0.3, -0.25) is 9.59 Å². The van der Waals surface area contributed by atoms with Gasteiger partial charge in [-0.25, -0.2) is 4.39 Å². The fourth-order valence-corrected chi connectivity index (χ4v) is 4.66. The zero-order valence-electron chi connectivity index (χ0n) is 23.4. The molecule has 0 fully saturated rings. The molecular weight excluding hydrogens is 559 g/mol. The molecule has 4 aromatic rings. The summed E-state index contributed by atoms with van der Waals surface area (Å²) in [7, 11) is 3.13. The Hall–Kier alpha value is -4.56. The number of rotatable bonds is 13. The standard InChI is InChI=1S/C33H32ClFN2O5/c1-40-29-17-14-23(20-30(29)41-2)18-19-36-33(39)32(25-8-4-3-5-9-25)37(21-24-12-15-26(35)16-13-24)31(38)22-42-28-11-7-6-10-27(28)34/h3-17,20,32H,18-19,21-22H2,1-2H3,(H,36,39). The summed E-state index contributed by atoms with van der Waals surface area (Å²) in [5.41, 5.74) is 2.22. The maximum Gasteiger partial charge on any atom is 0.261 e. The average molecular weight is 591 g/mol. The smallest absolute Gasteiger partial charge is 0.261 e. The largest absolute Gasteiger partial charge is 0.493 e. The number of ether oxygens (including phenoxy) is 3. The summed E-state index contributed by atoms with van der Waals surface area (Å²) in [6, 6.07) is 26.3. The minimum absolute atomic E-state index is 0.0493. The van der Waals surface area contributed by atoms with E-state index in [0.717, 1.165) is 5.56 Å². The predicted octanol–water partition coefficient (Wildman–Crippen LogP) is 6.00. The van der Waals surface area contributed by atoms with Gasteiger partial charge in [-0.15, -0.1) is 0 Å². The molecule has 0 aliphatic heterocycles. The second-order valence-electron chi connectivity index (χ2n) is 9.41. The summed E-state index contributed by atoms with van der Waals surface area (Å²) in [6.07, 6.45) is 0.523. The van der Waals surface area contributed by atoms with Crippen LogP contribution < -0.4 is 19.5 Å². The van der Waals surface area contributed by atoms with Crippen molar-refractivity contribution < 1.29 is 28.2 Å². The molecule has 1 N–H and O–H groups in total. The van der Waals surface area contributed by atoms with Crippen molar-refractivity contribution in [2.24, 2.45) is 0 Å². The molecule has 42 heavy (non-hydrogen) atoms. The topological polar surface area (TPSA) is 77.1 Å². The molecule has 0 radical (unpaired) electrons. The van der Waals surface area contributed by atoms with Crippen LogP contribution in [0.4, 0.5) is 4.39 Å². The molecule has 1 unspecified atom stereocenters. The summed E-state index contributed by atoms with van der Waals surface area (Å²) in [4.78, 5) is 29.0. The Morgan fingerprint density at radius 3 is 2.19 bits per heavy atom. The van der Waals surface area contributed by atoms with Crippen molar-refractivity contribution in [2.45, 2.75) is 19.0 Å². The number of nitrogens with one attached hydrogen (secondary N) is 1. The van der Waals surface area contributed by atoms with Gasteiger partial charge in [-0.2, -0.15) is 0 Å². The van der Waals surface area contributed by atoms with E-state index < -0.39 is 17.8 Å². The van der Waals surface area contributed by atoms with E-state index in [-0.39, 0.29) is 19.1 Å². The first-order chi connectivity index (χ1) is 20.4. The monoisotopic (exact) mass is 590 g/mol. The van der Waals surface area contributed by atoms with Crippen LogP contribution in [-0.4, -0.2) is 44.1 Å². The lowest BCUT2D eigenvalue weighted by atomic mass is 10.0. The number of carbonyl (C=O) groups excluding carboxylic acids is 2. The van der Waals surface area contributed by atoms with Gasteiger partial charge in [0.1, 0.15) is 17.6 Å². The quantitative estimate of drug-likeness (QED) is 0.207. The van der Waals surface area contributed by atoms with Gasteiger partial charge in [0.15, 0.2) is 18.1 Å². The minimum Gasteiger partial charge on any atom is -0.493 e.